The van der Waals surface area contributed by atoms with Crippen LogP contribution in [0.1, 0.15) is 20.3 Å². The highest BCUT2D eigenvalue weighted by molar-refractivity contribution is 5.59. The van der Waals surface area contributed by atoms with Crippen LogP contribution >= 0.6 is 0 Å². The Labute approximate surface area is 114 Å². The fourth-order valence-corrected chi connectivity index (χ4v) is 1.72. The van der Waals surface area contributed by atoms with Crippen LogP contribution in [0.4, 0.5) is 11.4 Å². The first-order valence-electron chi connectivity index (χ1n) is 6.49. The first-order chi connectivity index (χ1) is 9.01. The lowest BCUT2D eigenvalue weighted by molar-refractivity contribution is 0.0615. The summed E-state index contributed by atoms with van der Waals surface area (Å²) in [7, 11) is 1.57. The molecule has 0 saturated heterocycles. The predicted octanol–water partition coefficient (Wildman–Crippen LogP) is 1.87. The molecule has 0 saturated carbocycles. The lowest BCUT2D eigenvalue weighted by Gasteiger charge is -2.14. The highest BCUT2D eigenvalue weighted by Crippen LogP contribution is 2.23. The number of aliphatic hydroxyl groups is 1. The molecule has 1 aromatic carbocycles. The third-order valence-corrected chi connectivity index (χ3v) is 2.47. The third kappa shape index (κ3) is 6.31. The van der Waals surface area contributed by atoms with Crippen molar-refractivity contribution in [3.63, 3.8) is 0 Å². The highest BCUT2D eigenvalue weighted by Gasteiger charge is 2.05. The zero-order valence-corrected chi connectivity index (χ0v) is 11.8. The maximum Gasteiger partial charge on any atom is 0.123 e. The van der Waals surface area contributed by atoms with E-state index in [4.69, 9.17) is 15.2 Å². The van der Waals surface area contributed by atoms with E-state index in [0.29, 0.717) is 25.3 Å². The number of nitrogen functional groups attached to an aromatic ring is 1. The lowest BCUT2D eigenvalue weighted by atomic mass is 10.2. The first-order valence-corrected chi connectivity index (χ1v) is 6.49. The Morgan fingerprint density at radius 1 is 1.32 bits per heavy atom. The van der Waals surface area contributed by atoms with E-state index in [1.54, 1.807) is 13.2 Å². The van der Waals surface area contributed by atoms with Gasteiger partial charge in [0.25, 0.3) is 0 Å². The van der Waals surface area contributed by atoms with Crippen LogP contribution < -0.4 is 15.8 Å². The van der Waals surface area contributed by atoms with E-state index in [0.717, 1.165) is 11.4 Å². The molecule has 4 N–H and O–H groups in total. The number of rotatable bonds is 8. The summed E-state index contributed by atoms with van der Waals surface area (Å²) in [5.74, 6) is 0.745. The summed E-state index contributed by atoms with van der Waals surface area (Å²) in [5.41, 5.74) is 7.37. The van der Waals surface area contributed by atoms with Gasteiger partial charge in [0.1, 0.15) is 5.75 Å². The molecule has 1 atom stereocenters. The lowest BCUT2D eigenvalue weighted by Crippen LogP contribution is -2.18. The molecule has 0 aliphatic rings. The maximum atomic E-state index is 9.54. The maximum absolute atomic E-state index is 9.54. The minimum atomic E-state index is -0.454. The van der Waals surface area contributed by atoms with Crippen molar-refractivity contribution in [3.8, 4) is 5.75 Å². The Morgan fingerprint density at radius 3 is 2.68 bits per heavy atom. The molecule has 0 aliphatic heterocycles. The first kappa shape index (κ1) is 15.6. The van der Waals surface area contributed by atoms with Crippen LogP contribution in [-0.4, -0.2) is 37.6 Å². The van der Waals surface area contributed by atoms with Crippen molar-refractivity contribution in [2.45, 2.75) is 32.5 Å². The van der Waals surface area contributed by atoms with E-state index in [9.17, 15) is 5.11 Å². The van der Waals surface area contributed by atoms with Gasteiger partial charge in [0.15, 0.2) is 0 Å². The predicted molar refractivity (Wildman–Crippen MR) is 77.6 cm³/mol. The minimum Gasteiger partial charge on any atom is -0.491 e. The molecule has 0 fully saturated rings. The third-order valence-electron chi connectivity index (χ3n) is 2.47. The molecule has 0 heterocycles. The number of nitrogens with two attached hydrogens (primary N) is 1. The normalized spacial score (nSPS) is 12.5. The molecular weight excluding hydrogens is 244 g/mol. The van der Waals surface area contributed by atoms with Gasteiger partial charge >= 0.3 is 0 Å². The molecule has 5 heteroatoms. The Kier molecular flexibility index (Phi) is 6.45. The van der Waals surface area contributed by atoms with Crippen molar-refractivity contribution >= 4 is 11.4 Å². The summed E-state index contributed by atoms with van der Waals surface area (Å²) >= 11 is 0. The summed E-state index contributed by atoms with van der Waals surface area (Å²) in [6.45, 7) is 4.93. The second-order valence-corrected chi connectivity index (χ2v) is 4.78. The van der Waals surface area contributed by atoms with Crippen molar-refractivity contribution in [3.05, 3.63) is 18.2 Å². The Morgan fingerprint density at radius 2 is 2.05 bits per heavy atom. The fourth-order valence-electron chi connectivity index (χ4n) is 1.72. The van der Waals surface area contributed by atoms with Crippen LogP contribution in [0, 0.1) is 0 Å². The van der Waals surface area contributed by atoms with Crippen LogP contribution in [0.15, 0.2) is 18.2 Å². The SMILES string of the molecule is COCC(O)CCNc1cc(N)cc(OC(C)C)c1. The van der Waals surface area contributed by atoms with Crippen LogP contribution in [0.25, 0.3) is 0 Å². The van der Waals surface area contributed by atoms with Crippen LogP contribution in [0.2, 0.25) is 0 Å². The summed E-state index contributed by atoms with van der Waals surface area (Å²) in [6.07, 6.45) is 0.270. The molecule has 0 amide bonds. The molecule has 0 bridgehead atoms. The van der Waals surface area contributed by atoms with Gasteiger partial charge in [-0.15, -0.1) is 0 Å². The number of hydrogen-bond donors (Lipinski definition) is 3. The van der Waals surface area contributed by atoms with Gasteiger partial charge in [0.05, 0.1) is 18.8 Å². The zero-order valence-electron chi connectivity index (χ0n) is 11.8. The van der Waals surface area contributed by atoms with Gasteiger partial charge in [-0.2, -0.15) is 0 Å². The van der Waals surface area contributed by atoms with Crippen molar-refractivity contribution in [1.82, 2.24) is 0 Å². The zero-order chi connectivity index (χ0) is 14.3. The topological polar surface area (TPSA) is 76.7 Å². The molecule has 1 aromatic rings. The number of aliphatic hydroxyl groups excluding tert-OH is 1. The van der Waals surface area contributed by atoms with Crippen LogP contribution in [-0.2, 0) is 4.74 Å². The molecule has 108 valence electrons. The monoisotopic (exact) mass is 268 g/mol. The van der Waals surface area contributed by atoms with Crippen molar-refractivity contribution in [2.24, 2.45) is 0 Å². The van der Waals surface area contributed by atoms with E-state index in [1.165, 1.54) is 0 Å². The van der Waals surface area contributed by atoms with Gasteiger partial charge in [0, 0.05) is 37.2 Å². The molecular formula is C14H24N2O3. The molecule has 0 radical (unpaired) electrons. The molecule has 0 spiro atoms. The molecule has 0 aliphatic carbocycles. The number of benzene rings is 1. The minimum absolute atomic E-state index is 0.109. The van der Waals surface area contributed by atoms with Gasteiger partial charge in [0.2, 0.25) is 0 Å². The summed E-state index contributed by atoms with van der Waals surface area (Å²) < 4.78 is 10.5. The Bertz CT molecular complexity index is 383. The summed E-state index contributed by atoms with van der Waals surface area (Å²) in [4.78, 5) is 0. The van der Waals surface area contributed by atoms with Gasteiger partial charge in [-0.3, -0.25) is 0 Å². The Hall–Kier alpha value is -1.46. The van der Waals surface area contributed by atoms with Gasteiger partial charge in [-0.05, 0) is 26.3 Å². The van der Waals surface area contributed by atoms with E-state index in [-0.39, 0.29) is 6.10 Å². The average Bonchev–Trinajstić information content (AvgIpc) is 2.27. The van der Waals surface area contributed by atoms with Crippen LogP contribution in [0.5, 0.6) is 5.75 Å². The standard InChI is InChI=1S/C14H24N2O3/c1-10(2)19-14-7-11(15)6-12(8-14)16-5-4-13(17)9-18-3/h6-8,10,13,16-17H,4-5,9,15H2,1-3H3. The molecule has 19 heavy (non-hydrogen) atoms. The van der Waals surface area contributed by atoms with E-state index < -0.39 is 6.10 Å². The van der Waals surface area contributed by atoms with E-state index in [1.807, 2.05) is 26.0 Å². The summed E-state index contributed by atoms with van der Waals surface area (Å²) in [5, 5.41) is 12.8. The molecule has 1 rings (SSSR count). The number of methoxy groups -OCH3 is 1. The quantitative estimate of drug-likeness (QED) is 0.627. The van der Waals surface area contributed by atoms with Crippen molar-refractivity contribution in [2.75, 3.05) is 31.3 Å². The number of nitrogens with one attached hydrogen (secondary N) is 1. The highest BCUT2D eigenvalue weighted by atomic mass is 16.5. The molecule has 1 unspecified atom stereocenters. The Balaban J connectivity index is 2.51. The smallest absolute Gasteiger partial charge is 0.123 e. The van der Waals surface area contributed by atoms with Crippen molar-refractivity contribution < 1.29 is 14.6 Å². The molecule has 0 aromatic heterocycles. The average molecular weight is 268 g/mol. The number of ether oxygens (including phenoxy) is 2. The van der Waals surface area contributed by atoms with Gasteiger partial charge in [-0.1, -0.05) is 0 Å². The number of hydrogen-bond acceptors (Lipinski definition) is 5. The van der Waals surface area contributed by atoms with Gasteiger partial charge < -0.3 is 25.6 Å². The van der Waals surface area contributed by atoms with Crippen LogP contribution in [0.3, 0.4) is 0 Å². The van der Waals surface area contributed by atoms with Gasteiger partial charge in [-0.25, -0.2) is 0 Å². The van der Waals surface area contributed by atoms with E-state index >= 15 is 0 Å². The second kappa shape index (κ2) is 7.86. The van der Waals surface area contributed by atoms with E-state index in [2.05, 4.69) is 5.32 Å². The fraction of sp³-hybridized carbons (Fsp3) is 0.571. The number of anilines is 2. The molecule has 5 nitrogen and oxygen atoms in total. The summed E-state index contributed by atoms with van der Waals surface area (Å²) in [6, 6.07) is 5.54. The largest absolute Gasteiger partial charge is 0.491 e. The van der Waals surface area contributed by atoms with Crippen molar-refractivity contribution in [1.29, 1.82) is 0 Å². The second-order valence-electron chi connectivity index (χ2n) is 4.78.